The van der Waals surface area contributed by atoms with Gasteiger partial charge >= 0.3 is 0 Å². The second-order valence-electron chi connectivity index (χ2n) is 6.84. The minimum Gasteiger partial charge on any atom is -0.493 e. The lowest BCUT2D eigenvalue weighted by atomic mass is 10.1. The van der Waals surface area contributed by atoms with Crippen LogP contribution in [0.25, 0.3) is 23.5 Å². The van der Waals surface area contributed by atoms with Crippen LogP contribution in [0.15, 0.2) is 48.8 Å². The summed E-state index contributed by atoms with van der Waals surface area (Å²) >= 11 is 0. The van der Waals surface area contributed by atoms with Crippen LogP contribution in [0.3, 0.4) is 0 Å². The van der Waals surface area contributed by atoms with E-state index in [0.717, 1.165) is 34.6 Å². The van der Waals surface area contributed by atoms with Gasteiger partial charge in [0.15, 0.2) is 24.2 Å². The third kappa shape index (κ3) is 4.78. The molecule has 0 aliphatic heterocycles. The molecule has 2 N–H and O–H groups in total. The molecule has 0 fully saturated rings. The average Bonchev–Trinajstić information content (AvgIpc) is 2.77. The molecule has 0 atom stereocenters. The van der Waals surface area contributed by atoms with Crippen molar-refractivity contribution >= 4 is 12.2 Å². The molecule has 30 heavy (non-hydrogen) atoms. The Morgan fingerprint density at radius 2 is 1.63 bits per heavy atom. The van der Waals surface area contributed by atoms with Crippen LogP contribution in [0, 0.1) is 6.92 Å². The van der Waals surface area contributed by atoms with Crippen LogP contribution in [0.1, 0.15) is 16.7 Å². The Morgan fingerprint density at radius 3 is 2.23 bits per heavy atom. The second kappa shape index (κ2) is 9.89. The van der Waals surface area contributed by atoms with E-state index in [1.54, 1.807) is 21.3 Å². The van der Waals surface area contributed by atoms with Gasteiger partial charge in [-0.15, -0.1) is 0 Å². The Morgan fingerprint density at radius 1 is 0.933 bits per heavy atom. The predicted molar refractivity (Wildman–Crippen MR) is 119 cm³/mol. The summed E-state index contributed by atoms with van der Waals surface area (Å²) in [5, 5.41) is 0. The molecule has 0 unspecified atom stereocenters. The third-order valence-corrected chi connectivity index (χ3v) is 4.76. The first-order valence-electron chi connectivity index (χ1n) is 9.74. The molecule has 0 bridgehead atoms. The standard InChI is InChI=1S/C24H28N3O3/c1-17-7-10-26-20(13-17)21-14-18(8-11-27(21)12-9-25)5-6-19-15-22(28-2)24(30-4)23(16-19)29-3/h5-8,10-11,13-16H,9,12,25H2,1-4H3/q+1/b6-5+. The van der Waals surface area contributed by atoms with E-state index in [-0.39, 0.29) is 0 Å². The fourth-order valence-electron chi connectivity index (χ4n) is 3.27. The number of benzene rings is 1. The molecular formula is C24H28N3O3+. The van der Waals surface area contributed by atoms with Crippen molar-refractivity contribution in [1.29, 1.82) is 0 Å². The van der Waals surface area contributed by atoms with Crippen LogP contribution in [0.4, 0.5) is 0 Å². The average molecular weight is 407 g/mol. The quantitative estimate of drug-likeness (QED) is 0.580. The molecule has 1 aromatic carbocycles. The summed E-state index contributed by atoms with van der Waals surface area (Å²) in [6.07, 6.45) is 7.93. The zero-order valence-electron chi connectivity index (χ0n) is 17.9. The van der Waals surface area contributed by atoms with Crippen LogP contribution >= 0.6 is 0 Å². The SMILES string of the molecule is COc1cc(/C=C/c2cc[n+](CCN)c(-c3cc(C)ccn3)c2)cc(OC)c1OC. The fourth-order valence-corrected chi connectivity index (χ4v) is 3.27. The van der Waals surface area contributed by atoms with Gasteiger partial charge in [0, 0.05) is 18.3 Å². The highest BCUT2D eigenvalue weighted by molar-refractivity contribution is 5.73. The van der Waals surface area contributed by atoms with Gasteiger partial charge in [-0.1, -0.05) is 12.2 Å². The number of methoxy groups -OCH3 is 3. The Hall–Kier alpha value is -3.38. The maximum Gasteiger partial charge on any atom is 0.231 e. The van der Waals surface area contributed by atoms with Gasteiger partial charge in [0.2, 0.25) is 11.4 Å². The van der Waals surface area contributed by atoms with Crippen molar-refractivity contribution in [2.75, 3.05) is 27.9 Å². The molecule has 2 heterocycles. The van der Waals surface area contributed by atoms with Crippen LogP contribution < -0.4 is 24.5 Å². The molecule has 6 nitrogen and oxygen atoms in total. The number of hydrogen-bond donors (Lipinski definition) is 1. The number of rotatable bonds is 8. The smallest absolute Gasteiger partial charge is 0.231 e. The normalized spacial score (nSPS) is 11.0. The van der Waals surface area contributed by atoms with Crippen molar-refractivity contribution in [3.8, 4) is 28.6 Å². The molecule has 3 rings (SSSR count). The number of aromatic nitrogens is 2. The summed E-state index contributed by atoms with van der Waals surface area (Å²) in [7, 11) is 4.82. The number of nitrogens with two attached hydrogens (primary N) is 1. The molecule has 3 aromatic rings. The van der Waals surface area contributed by atoms with Gasteiger partial charge in [0.1, 0.15) is 5.69 Å². The first-order chi connectivity index (χ1) is 14.6. The zero-order chi connectivity index (χ0) is 21.5. The molecule has 0 aliphatic rings. The van der Waals surface area contributed by atoms with E-state index < -0.39 is 0 Å². The molecule has 2 aromatic heterocycles. The molecule has 0 amide bonds. The summed E-state index contributed by atoms with van der Waals surface area (Å²) in [5.74, 6) is 1.82. The van der Waals surface area contributed by atoms with Crippen LogP contribution in [0.5, 0.6) is 17.2 Å². The van der Waals surface area contributed by atoms with E-state index in [0.29, 0.717) is 23.8 Å². The maximum atomic E-state index is 5.80. The Bertz CT molecular complexity index is 1020. The van der Waals surface area contributed by atoms with E-state index in [9.17, 15) is 0 Å². The topological polar surface area (TPSA) is 70.5 Å². The summed E-state index contributed by atoms with van der Waals surface area (Å²) in [6, 6.07) is 12.1. The van der Waals surface area contributed by atoms with Crippen LogP contribution in [-0.2, 0) is 6.54 Å². The highest BCUT2D eigenvalue weighted by Crippen LogP contribution is 2.38. The van der Waals surface area contributed by atoms with Crippen molar-refractivity contribution in [2.24, 2.45) is 5.73 Å². The van der Waals surface area contributed by atoms with Gasteiger partial charge in [-0.25, -0.2) is 4.98 Å². The summed E-state index contributed by atoms with van der Waals surface area (Å²) in [4.78, 5) is 4.54. The van der Waals surface area contributed by atoms with E-state index in [4.69, 9.17) is 19.9 Å². The summed E-state index contributed by atoms with van der Waals surface area (Å²) in [5.41, 5.74) is 10.9. The predicted octanol–water partition coefficient (Wildman–Crippen LogP) is 3.50. The first-order valence-corrected chi connectivity index (χ1v) is 9.74. The highest BCUT2D eigenvalue weighted by atomic mass is 16.5. The number of aryl methyl sites for hydroxylation is 1. The molecule has 0 saturated carbocycles. The van der Waals surface area contributed by atoms with Crippen LogP contribution in [0.2, 0.25) is 0 Å². The third-order valence-electron chi connectivity index (χ3n) is 4.76. The van der Waals surface area contributed by atoms with Crippen LogP contribution in [-0.4, -0.2) is 32.9 Å². The lowest BCUT2D eigenvalue weighted by Gasteiger charge is -2.12. The maximum absolute atomic E-state index is 5.80. The fraction of sp³-hybridized carbons (Fsp3) is 0.250. The number of hydrogen-bond acceptors (Lipinski definition) is 5. The Balaban J connectivity index is 1.99. The Kier molecular flexibility index (Phi) is 7.03. The van der Waals surface area contributed by atoms with Gasteiger partial charge in [0.25, 0.3) is 0 Å². The lowest BCUT2D eigenvalue weighted by Crippen LogP contribution is -2.39. The number of nitrogens with zero attached hydrogens (tertiary/aromatic N) is 2. The van der Waals surface area contributed by atoms with Gasteiger partial charge < -0.3 is 19.9 Å². The van der Waals surface area contributed by atoms with E-state index >= 15 is 0 Å². The van der Waals surface area contributed by atoms with Crippen molar-refractivity contribution in [2.45, 2.75) is 13.5 Å². The summed E-state index contributed by atoms with van der Waals surface area (Å²) < 4.78 is 18.4. The van der Waals surface area contributed by atoms with Crippen molar-refractivity contribution in [3.05, 3.63) is 65.5 Å². The molecule has 0 saturated heterocycles. The summed E-state index contributed by atoms with van der Waals surface area (Å²) in [6.45, 7) is 3.35. The van der Waals surface area contributed by atoms with E-state index in [2.05, 4.69) is 34.7 Å². The largest absolute Gasteiger partial charge is 0.493 e. The van der Waals surface area contributed by atoms with E-state index in [1.165, 1.54) is 0 Å². The van der Waals surface area contributed by atoms with Gasteiger partial charge in [-0.05, 0) is 47.9 Å². The minimum atomic E-state index is 0.560. The van der Waals surface area contributed by atoms with E-state index in [1.807, 2.05) is 42.7 Å². The van der Waals surface area contributed by atoms with Gasteiger partial charge in [-0.2, -0.15) is 4.57 Å². The van der Waals surface area contributed by atoms with Crippen molar-refractivity contribution in [1.82, 2.24) is 4.98 Å². The Labute approximate surface area is 177 Å². The molecule has 0 radical (unpaired) electrons. The molecular weight excluding hydrogens is 378 g/mol. The van der Waals surface area contributed by atoms with Crippen molar-refractivity contribution < 1.29 is 18.8 Å². The number of ether oxygens (including phenoxy) is 3. The highest BCUT2D eigenvalue weighted by Gasteiger charge is 2.15. The molecule has 6 heteroatoms. The van der Waals surface area contributed by atoms with Crippen molar-refractivity contribution in [3.63, 3.8) is 0 Å². The first kappa shape index (κ1) is 21.3. The number of pyridine rings is 2. The zero-order valence-corrected chi connectivity index (χ0v) is 17.9. The van der Waals surface area contributed by atoms with Gasteiger partial charge in [-0.3, -0.25) is 0 Å². The monoisotopic (exact) mass is 406 g/mol. The molecule has 0 spiro atoms. The molecule has 0 aliphatic carbocycles. The van der Waals surface area contributed by atoms with Gasteiger partial charge in [0.05, 0.1) is 27.9 Å². The molecule has 156 valence electrons. The lowest BCUT2D eigenvalue weighted by molar-refractivity contribution is -0.683. The minimum absolute atomic E-state index is 0.560. The second-order valence-corrected chi connectivity index (χ2v) is 6.84.